The van der Waals surface area contributed by atoms with Crippen molar-refractivity contribution in [1.29, 1.82) is 0 Å². The number of aliphatic hydroxyl groups excluding tert-OH is 3. The van der Waals surface area contributed by atoms with Crippen molar-refractivity contribution in [2.75, 3.05) is 6.61 Å². The number of hydrogen-bond acceptors (Lipinski definition) is 11. The molecule has 1 aliphatic rings. The Balaban J connectivity index is 0.00000225. The Labute approximate surface area is 167 Å². The molecule has 0 aromatic carbocycles. The molecule has 132 valence electrons. The van der Waals surface area contributed by atoms with Crippen molar-refractivity contribution in [3.05, 3.63) is 17.8 Å². The van der Waals surface area contributed by atoms with Crippen molar-refractivity contribution < 1.29 is 68.2 Å². The number of phosphoric ester groups is 1. The van der Waals surface area contributed by atoms with Crippen LogP contribution < -0.4 is 39.1 Å². The Hall–Kier alpha value is -0.370. The van der Waals surface area contributed by atoms with Gasteiger partial charge in [-0.15, -0.1) is 4.73 Å². The molecule has 0 saturated carbocycles. The van der Waals surface area contributed by atoms with E-state index in [1.54, 1.807) is 0 Å². The first-order chi connectivity index (χ1) is 11.3. The molecule has 0 amide bonds. The SMILES string of the molecule is O=P([O-])(OC1O[C@H](CO)[C@@H](O)[C@H]1O)On1cnc2c(Cl)ncnc21.[Na+]. The molecule has 2 unspecified atom stereocenters. The second kappa shape index (κ2) is 8.11. The summed E-state index contributed by atoms with van der Waals surface area (Å²) >= 11 is 5.78. The summed E-state index contributed by atoms with van der Waals surface area (Å²) in [5.41, 5.74) is 0.0721. The number of phosphoric acid groups is 1. The van der Waals surface area contributed by atoms with E-state index in [1.165, 1.54) is 0 Å². The maximum atomic E-state index is 12.0. The average molecular weight is 405 g/mol. The summed E-state index contributed by atoms with van der Waals surface area (Å²) < 4.78 is 26.8. The van der Waals surface area contributed by atoms with E-state index in [9.17, 15) is 19.7 Å². The van der Waals surface area contributed by atoms with E-state index in [2.05, 4.69) is 24.1 Å². The van der Waals surface area contributed by atoms with Crippen LogP contribution in [0.1, 0.15) is 0 Å². The summed E-state index contributed by atoms with van der Waals surface area (Å²) in [6.07, 6.45) is -4.07. The topological polar surface area (TPSA) is 172 Å². The summed E-state index contributed by atoms with van der Waals surface area (Å²) in [6.45, 7) is -0.635. The number of imidazole rings is 1. The van der Waals surface area contributed by atoms with E-state index in [1.807, 2.05) is 0 Å². The molecule has 3 heterocycles. The molecule has 3 N–H and O–H groups in total. The van der Waals surface area contributed by atoms with Gasteiger partial charge in [0.1, 0.15) is 36.5 Å². The van der Waals surface area contributed by atoms with Crippen LogP contribution in [0, 0.1) is 0 Å². The average Bonchev–Trinajstić information content (AvgIpc) is 3.04. The molecule has 1 saturated heterocycles. The predicted molar refractivity (Wildman–Crippen MR) is 73.4 cm³/mol. The first-order valence-electron chi connectivity index (χ1n) is 6.48. The third-order valence-electron chi connectivity index (χ3n) is 3.18. The van der Waals surface area contributed by atoms with E-state index < -0.39 is 39.0 Å². The van der Waals surface area contributed by atoms with Gasteiger partial charge < -0.3 is 29.6 Å². The second-order valence-electron chi connectivity index (χ2n) is 4.75. The minimum absolute atomic E-state index is 0. The third kappa shape index (κ3) is 4.31. The Morgan fingerprint density at radius 2 is 2.08 bits per heavy atom. The van der Waals surface area contributed by atoms with E-state index in [4.69, 9.17) is 21.4 Å². The molecule has 15 heteroatoms. The van der Waals surface area contributed by atoms with Gasteiger partial charge >= 0.3 is 37.4 Å². The smallest absolute Gasteiger partial charge is 0.745 e. The molecule has 3 rings (SSSR count). The molecular formula is C10H11ClN4NaO8P. The van der Waals surface area contributed by atoms with Crippen molar-refractivity contribution in [3.8, 4) is 0 Å². The Morgan fingerprint density at radius 1 is 1.36 bits per heavy atom. The Morgan fingerprint density at radius 3 is 2.72 bits per heavy atom. The van der Waals surface area contributed by atoms with Gasteiger partial charge in [0.05, 0.1) is 6.61 Å². The summed E-state index contributed by atoms with van der Waals surface area (Å²) in [6, 6.07) is 0. The van der Waals surface area contributed by atoms with E-state index in [0.717, 1.165) is 12.7 Å². The van der Waals surface area contributed by atoms with Gasteiger partial charge in [-0.3, -0.25) is 9.09 Å². The maximum absolute atomic E-state index is 12.0. The number of fused-ring (bicyclic) bond motifs is 1. The van der Waals surface area contributed by atoms with Crippen molar-refractivity contribution in [1.82, 2.24) is 19.7 Å². The molecule has 1 aliphatic heterocycles. The van der Waals surface area contributed by atoms with Crippen molar-refractivity contribution >= 4 is 30.6 Å². The zero-order chi connectivity index (χ0) is 17.5. The van der Waals surface area contributed by atoms with E-state index in [0.29, 0.717) is 4.73 Å². The number of nitrogens with zero attached hydrogens (tertiary/aromatic N) is 4. The predicted octanol–water partition coefficient (Wildman–Crippen LogP) is -5.16. The summed E-state index contributed by atoms with van der Waals surface area (Å²) in [5, 5.41) is 28.2. The monoisotopic (exact) mass is 404 g/mol. The summed E-state index contributed by atoms with van der Waals surface area (Å²) in [4.78, 5) is 23.2. The van der Waals surface area contributed by atoms with E-state index >= 15 is 0 Å². The molecule has 12 nitrogen and oxygen atoms in total. The fourth-order valence-electron chi connectivity index (χ4n) is 2.05. The van der Waals surface area contributed by atoms with Gasteiger partial charge in [-0.2, -0.15) is 0 Å². The minimum Gasteiger partial charge on any atom is -0.745 e. The first-order valence-corrected chi connectivity index (χ1v) is 8.32. The minimum atomic E-state index is -5.06. The molecule has 2 aromatic heterocycles. The fourth-order valence-corrected chi connectivity index (χ4v) is 3.03. The molecule has 5 atom stereocenters. The summed E-state index contributed by atoms with van der Waals surface area (Å²) in [7, 11) is -5.06. The zero-order valence-corrected chi connectivity index (χ0v) is 16.3. The quantitative estimate of drug-likeness (QED) is 0.247. The van der Waals surface area contributed by atoms with Gasteiger partial charge in [0.25, 0.3) is 0 Å². The van der Waals surface area contributed by atoms with Gasteiger partial charge in [-0.25, -0.2) is 15.0 Å². The van der Waals surface area contributed by atoms with E-state index in [-0.39, 0.29) is 45.9 Å². The molecular weight excluding hydrogens is 394 g/mol. The van der Waals surface area contributed by atoms with Crippen LogP contribution in [-0.4, -0.2) is 66.2 Å². The van der Waals surface area contributed by atoms with Gasteiger partial charge in [-0.05, 0) is 0 Å². The van der Waals surface area contributed by atoms with Gasteiger partial charge in [0, 0.05) is 0 Å². The van der Waals surface area contributed by atoms with Crippen LogP contribution in [0.15, 0.2) is 12.7 Å². The van der Waals surface area contributed by atoms with Crippen LogP contribution >= 0.6 is 19.4 Å². The number of halogens is 1. The molecule has 25 heavy (non-hydrogen) atoms. The maximum Gasteiger partial charge on any atom is 1.00 e. The molecule has 0 aliphatic carbocycles. The molecule has 0 radical (unpaired) electrons. The second-order valence-corrected chi connectivity index (χ2v) is 6.37. The number of ether oxygens (including phenoxy) is 1. The van der Waals surface area contributed by atoms with Crippen molar-refractivity contribution in [2.24, 2.45) is 0 Å². The Bertz CT molecular complexity index is 795. The summed E-state index contributed by atoms with van der Waals surface area (Å²) in [5.74, 6) is 0. The number of aromatic nitrogens is 4. The molecule has 0 spiro atoms. The van der Waals surface area contributed by atoms with Crippen LogP contribution in [0.25, 0.3) is 11.2 Å². The van der Waals surface area contributed by atoms with Crippen LogP contribution in [0.5, 0.6) is 0 Å². The third-order valence-corrected chi connectivity index (χ3v) is 4.30. The normalized spacial score (nSPS) is 28.5. The van der Waals surface area contributed by atoms with Gasteiger partial charge in [0.2, 0.25) is 5.65 Å². The first kappa shape index (κ1) is 20.9. The Kier molecular flexibility index (Phi) is 6.79. The standard InChI is InChI=1S/C10H12ClN4O8P.Na/c11-8-5-9(13-2-12-8)15(3-14-5)23-24(19,20)22-10-7(18)6(17)4(1-16)21-10;/h2-4,6-7,10,16-18H,1H2,(H,19,20);/q;+1/p-1/t4-,6-,7-,10?;/m1./s1. The number of hydrogen-bond donors (Lipinski definition) is 3. The zero-order valence-electron chi connectivity index (χ0n) is 12.7. The van der Waals surface area contributed by atoms with Crippen LogP contribution in [0.4, 0.5) is 0 Å². The van der Waals surface area contributed by atoms with Gasteiger partial charge in [-0.1, -0.05) is 11.6 Å². The van der Waals surface area contributed by atoms with Crippen LogP contribution in [-0.2, 0) is 13.8 Å². The van der Waals surface area contributed by atoms with Crippen molar-refractivity contribution in [3.63, 3.8) is 0 Å². The van der Waals surface area contributed by atoms with Crippen LogP contribution in [0.3, 0.4) is 0 Å². The molecule has 0 bridgehead atoms. The van der Waals surface area contributed by atoms with Crippen LogP contribution in [0.2, 0.25) is 5.15 Å². The number of aliphatic hydroxyl groups is 3. The van der Waals surface area contributed by atoms with Gasteiger partial charge in [0.15, 0.2) is 11.4 Å². The molecule has 2 aromatic rings. The molecule has 1 fully saturated rings. The largest absolute Gasteiger partial charge is 1.00 e. The van der Waals surface area contributed by atoms with Crippen molar-refractivity contribution in [2.45, 2.75) is 24.6 Å². The number of rotatable bonds is 5. The fraction of sp³-hybridized carbons (Fsp3) is 0.500.